The summed E-state index contributed by atoms with van der Waals surface area (Å²) in [5.74, 6) is -0.170. The third-order valence-electron chi connectivity index (χ3n) is 2.28. The Hall–Kier alpha value is -0.410. The molecule has 1 aromatic carbocycles. The van der Waals surface area contributed by atoms with Gasteiger partial charge in [0.25, 0.3) is 0 Å². The number of rotatable bonds is 5. The Balaban J connectivity index is 2.59. The summed E-state index contributed by atoms with van der Waals surface area (Å²) < 4.78 is 14.0. The summed E-state index contributed by atoms with van der Waals surface area (Å²) >= 11 is 3.43. The lowest BCUT2D eigenvalue weighted by Gasteiger charge is -2.14. The van der Waals surface area contributed by atoms with Crippen molar-refractivity contribution in [3.8, 4) is 0 Å². The Morgan fingerprint density at radius 3 is 2.87 bits per heavy atom. The van der Waals surface area contributed by atoms with Crippen molar-refractivity contribution in [2.75, 3.05) is 6.54 Å². The highest BCUT2D eigenvalue weighted by Crippen LogP contribution is 2.19. The van der Waals surface area contributed by atoms with Crippen LogP contribution in [0, 0.1) is 5.82 Å². The van der Waals surface area contributed by atoms with Crippen LogP contribution in [-0.2, 0) is 6.42 Å². The predicted octanol–water partition coefficient (Wildman–Crippen LogP) is 3.52. The fraction of sp³-hybridized carbons (Fsp3) is 0.500. The second-order valence-corrected chi connectivity index (χ2v) is 4.65. The van der Waals surface area contributed by atoms with E-state index in [1.54, 1.807) is 12.1 Å². The van der Waals surface area contributed by atoms with E-state index in [0.717, 1.165) is 29.4 Å². The van der Waals surface area contributed by atoms with Gasteiger partial charge in [-0.15, -0.1) is 0 Å². The van der Waals surface area contributed by atoms with Crippen LogP contribution in [0.2, 0.25) is 0 Å². The van der Waals surface area contributed by atoms with Crippen molar-refractivity contribution in [3.63, 3.8) is 0 Å². The van der Waals surface area contributed by atoms with Gasteiger partial charge in [0.05, 0.1) is 0 Å². The summed E-state index contributed by atoms with van der Waals surface area (Å²) in [4.78, 5) is 0. The number of benzene rings is 1. The number of hydrogen-bond donors (Lipinski definition) is 1. The summed E-state index contributed by atoms with van der Waals surface area (Å²) in [7, 11) is 0. The lowest BCUT2D eigenvalue weighted by molar-refractivity contribution is 0.540. The smallest absolute Gasteiger partial charge is 0.123 e. The highest BCUT2D eigenvalue weighted by Gasteiger charge is 2.06. The van der Waals surface area contributed by atoms with Crippen molar-refractivity contribution in [2.24, 2.45) is 0 Å². The van der Waals surface area contributed by atoms with Crippen LogP contribution in [-0.4, -0.2) is 12.6 Å². The summed E-state index contributed by atoms with van der Waals surface area (Å²) in [6.45, 7) is 5.26. The van der Waals surface area contributed by atoms with Crippen LogP contribution < -0.4 is 5.32 Å². The van der Waals surface area contributed by atoms with Crippen LogP contribution in [0.3, 0.4) is 0 Å². The largest absolute Gasteiger partial charge is 0.314 e. The summed E-state index contributed by atoms with van der Waals surface area (Å²) in [5, 5.41) is 3.38. The Morgan fingerprint density at radius 1 is 1.47 bits per heavy atom. The molecule has 1 unspecified atom stereocenters. The molecule has 0 bridgehead atoms. The molecule has 3 heteroatoms. The van der Waals surface area contributed by atoms with Gasteiger partial charge in [0.15, 0.2) is 0 Å². The van der Waals surface area contributed by atoms with Crippen molar-refractivity contribution in [1.82, 2.24) is 5.32 Å². The standard InChI is InChI=1S/C12H17BrFN/c1-3-6-15-9(2)7-10-8-11(14)4-5-12(10)13/h4-5,8-9,15H,3,6-7H2,1-2H3. The first kappa shape index (κ1) is 12.7. The molecule has 15 heavy (non-hydrogen) atoms. The minimum Gasteiger partial charge on any atom is -0.314 e. The van der Waals surface area contributed by atoms with Crippen LogP contribution in [0.1, 0.15) is 25.8 Å². The molecule has 0 aliphatic carbocycles. The van der Waals surface area contributed by atoms with E-state index >= 15 is 0 Å². The topological polar surface area (TPSA) is 12.0 Å². The van der Waals surface area contributed by atoms with Crippen molar-refractivity contribution in [1.29, 1.82) is 0 Å². The summed E-state index contributed by atoms with van der Waals surface area (Å²) in [5.41, 5.74) is 1.02. The molecular weight excluding hydrogens is 257 g/mol. The van der Waals surface area contributed by atoms with Gasteiger partial charge in [0.2, 0.25) is 0 Å². The molecule has 0 heterocycles. The van der Waals surface area contributed by atoms with Gasteiger partial charge in [-0.3, -0.25) is 0 Å². The van der Waals surface area contributed by atoms with Crippen LogP contribution in [0.4, 0.5) is 4.39 Å². The third-order valence-corrected chi connectivity index (χ3v) is 3.05. The van der Waals surface area contributed by atoms with Gasteiger partial charge in [0, 0.05) is 10.5 Å². The van der Waals surface area contributed by atoms with Crippen LogP contribution in [0.25, 0.3) is 0 Å². The molecule has 1 nitrogen and oxygen atoms in total. The average molecular weight is 274 g/mol. The predicted molar refractivity (Wildman–Crippen MR) is 65.6 cm³/mol. The van der Waals surface area contributed by atoms with Gasteiger partial charge in [-0.2, -0.15) is 0 Å². The maximum absolute atomic E-state index is 13.0. The second kappa shape index (κ2) is 6.23. The maximum atomic E-state index is 13.0. The fourth-order valence-electron chi connectivity index (χ4n) is 1.49. The van der Waals surface area contributed by atoms with Crippen LogP contribution in [0.5, 0.6) is 0 Å². The van der Waals surface area contributed by atoms with Crippen molar-refractivity contribution in [3.05, 3.63) is 34.1 Å². The Kier molecular flexibility index (Phi) is 5.26. The number of nitrogens with one attached hydrogen (secondary N) is 1. The van der Waals surface area contributed by atoms with E-state index in [1.807, 2.05) is 0 Å². The first-order valence-corrected chi connectivity index (χ1v) is 6.10. The Labute approximate surface area is 99.2 Å². The molecule has 0 spiro atoms. The molecule has 0 aliphatic heterocycles. The molecule has 1 aromatic rings. The van der Waals surface area contributed by atoms with E-state index in [9.17, 15) is 4.39 Å². The molecule has 0 fully saturated rings. The maximum Gasteiger partial charge on any atom is 0.123 e. The normalized spacial score (nSPS) is 12.8. The van der Waals surface area contributed by atoms with Gasteiger partial charge >= 0.3 is 0 Å². The van der Waals surface area contributed by atoms with E-state index < -0.39 is 0 Å². The van der Waals surface area contributed by atoms with Gasteiger partial charge < -0.3 is 5.32 Å². The molecule has 1 N–H and O–H groups in total. The lowest BCUT2D eigenvalue weighted by Crippen LogP contribution is -2.28. The molecule has 0 amide bonds. The van der Waals surface area contributed by atoms with E-state index in [0.29, 0.717) is 6.04 Å². The molecule has 0 aliphatic rings. The molecular formula is C12H17BrFN. The zero-order chi connectivity index (χ0) is 11.3. The van der Waals surface area contributed by atoms with Gasteiger partial charge in [-0.25, -0.2) is 4.39 Å². The molecule has 1 rings (SSSR count). The number of hydrogen-bond acceptors (Lipinski definition) is 1. The highest BCUT2D eigenvalue weighted by molar-refractivity contribution is 9.10. The highest BCUT2D eigenvalue weighted by atomic mass is 79.9. The molecule has 1 atom stereocenters. The first-order chi connectivity index (χ1) is 7.13. The molecule has 0 radical (unpaired) electrons. The van der Waals surface area contributed by atoms with E-state index in [1.165, 1.54) is 6.07 Å². The zero-order valence-electron chi connectivity index (χ0n) is 9.19. The van der Waals surface area contributed by atoms with Gasteiger partial charge in [-0.05, 0) is 50.1 Å². The van der Waals surface area contributed by atoms with E-state index in [-0.39, 0.29) is 5.82 Å². The minimum absolute atomic E-state index is 0.170. The van der Waals surface area contributed by atoms with Gasteiger partial charge in [-0.1, -0.05) is 22.9 Å². The quantitative estimate of drug-likeness (QED) is 0.866. The van der Waals surface area contributed by atoms with Crippen LogP contribution in [0.15, 0.2) is 22.7 Å². The van der Waals surface area contributed by atoms with Crippen LogP contribution >= 0.6 is 15.9 Å². The van der Waals surface area contributed by atoms with Crippen molar-refractivity contribution < 1.29 is 4.39 Å². The third kappa shape index (κ3) is 4.31. The minimum atomic E-state index is -0.170. The van der Waals surface area contributed by atoms with E-state index in [2.05, 4.69) is 35.1 Å². The Bertz CT molecular complexity index is 314. The van der Waals surface area contributed by atoms with Crippen molar-refractivity contribution >= 4 is 15.9 Å². The SMILES string of the molecule is CCCNC(C)Cc1cc(F)ccc1Br. The molecule has 0 saturated carbocycles. The second-order valence-electron chi connectivity index (χ2n) is 3.80. The van der Waals surface area contributed by atoms with Crippen molar-refractivity contribution in [2.45, 2.75) is 32.7 Å². The summed E-state index contributed by atoms with van der Waals surface area (Å²) in [6, 6.07) is 5.20. The zero-order valence-corrected chi connectivity index (χ0v) is 10.8. The summed E-state index contributed by atoms with van der Waals surface area (Å²) in [6.07, 6.45) is 1.97. The lowest BCUT2D eigenvalue weighted by atomic mass is 10.1. The first-order valence-electron chi connectivity index (χ1n) is 5.30. The fourth-order valence-corrected chi connectivity index (χ4v) is 1.90. The van der Waals surface area contributed by atoms with Gasteiger partial charge in [0.1, 0.15) is 5.82 Å². The average Bonchev–Trinajstić information content (AvgIpc) is 2.20. The molecule has 0 aromatic heterocycles. The number of halogens is 2. The molecule has 84 valence electrons. The molecule has 0 saturated heterocycles. The Morgan fingerprint density at radius 2 is 2.20 bits per heavy atom. The van der Waals surface area contributed by atoms with E-state index in [4.69, 9.17) is 0 Å². The monoisotopic (exact) mass is 273 g/mol.